The summed E-state index contributed by atoms with van der Waals surface area (Å²) in [4.78, 5) is 11.0. The number of anilines is 1. The van der Waals surface area contributed by atoms with Crippen LogP contribution < -0.4 is 11.5 Å². The monoisotopic (exact) mass is 301 g/mol. The van der Waals surface area contributed by atoms with Gasteiger partial charge in [0.15, 0.2) is 0 Å². The molecule has 0 spiro atoms. The smallest absolute Gasteiger partial charge is 0.245 e. The molecule has 110 valence electrons. The average Bonchev–Trinajstić information content (AvgIpc) is 2.38. The van der Waals surface area contributed by atoms with Crippen molar-refractivity contribution in [2.75, 3.05) is 18.8 Å². The second kappa shape index (κ2) is 5.37. The molecule has 1 aromatic carbocycles. The molecule has 1 aliphatic rings. The highest BCUT2D eigenvalue weighted by Gasteiger charge is 2.32. The molecule has 0 aromatic heterocycles. The molecule has 1 aromatic rings. The maximum atomic E-state index is 13.0. The molecule has 0 saturated carbocycles. The standard InChI is InChI=1S/C12H16FN3O3S/c13-9-1-2-11(10(14)7-9)20(18,19)16-5-3-8(4-6-16)12(15)17/h1-2,7-8H,3-6,14H2,(H2,15,17). The molecule has 4 N–H and O–H groups in total. The third-order valence-corrected chi connectivity index (χ3v) is 5.42. The zero-order valence-corrected chi connectivity index (χ0v) is 11.6. The molecule has 1 amide bonds. The molecular weight excluding hydrogens is 285 g/mol. The van der Waals surface area contributed by atoms with E-state index in [2.05, 4.69) is 0 Å². The maximum absolute atomic E-state index is 13.0. The van der Waals surface area contributed by atoms with Crippen LogP contribution in [0.15, 0.2) is 23.1 Å². The van der Waals surface area contributed by atoms with Gasteiger partial charge in [0.1, 0.15) is 10.7 Å². The van der Waals surface area contributed by atoms with Crippen LogP contribution >= 0.6 is 0 Å². The van der Waals surface area contributed by atoms with E-state index in [0.717, 1.165) is 18.2 Å². The maximum Gasteiger partial charge on any atom is 0.245 e. The molecule has 0 radical (unpaired) electrons. The van der Waals surface area contributed by atoms with Gasteiger partial charge in [-0.2, -0.15) is 4.31 Å². The lowest BCUT2D eigenvalue weighted by Crippen LogP contribution is -2.41. The predicted octanol–water partition coefficient (Wildman–Crippen LogP) is 0.294. The minimum absolute atomic E-state index is 0.114. The Labute approximate surface area is 116 Å². The SMILES string of the molecule is NC(=O)C1CCN(S(=O)(=O)c2ccc(F)cc2N)CC1. The number of hydrogen-bond donors (Lipinski definition) is 2. The summed E-state index contributed by atoms with van der Waals surface area (Å²) in [5, 5.41) is 0. The van der Waals surface area contributed by atoms with Crippen molar-refractivity contribution in [3.05, 3.63) is 24.0 Å². The molecule has 0 atom stereocenters. The summed E-state index contributed by atoms with van der Waals surface area (Å²) in [7, 11) is -3.77. The number of rotatable bonds is 3. The molecule has 0 unspecified atom stereocenters. The number of primary amides is 1. The number of hydrogen-bond acceptors (Lipinski definition) is 4. The van der Waals surface area contributed by atoms with Crippen molar-refractivity contribution in [3.63, 3.8) is 0 Å². The van der Waals surface area contributed by atoms with Gasteiger partial charge in [0.05, 0.1) is 5.69 Å². The Morgan fingerprint density at radius 2 is 1.90 bits per heavy atom. The fourth-order valence-corrected chi connectivity index (χ4v) is 3.84. The largest absolute Gasteiger partial charge is 0.398 e. The number of carbonyl (C=O) groups is 1. The first-order valence-electron chi connectivity index (χ1n) is 6.17. The van der Waals surface area contributed by atoms with Crippen molar-refractivity contribution in [2.45, 2.75) is 17.7 Å². The van der Waals surface area contributed by atoms with Gasteiger partial charge < -0.3 is 11.5 Å². The average molecular weight is 301 g/mol. The quantitative estimate of drug-likeness (QED) is 0.783. The molecule has 1 fully saturated rings. The molecule has 1 heterocycles. The lowest BCUT2D eigenvalue weighted by atomic mass is 9.98. The summed E-state index contributed by atoms with van der Waals surface area (Å²) in [6, 6.07) is 3.18. The van der Waals surface area contributed by atoms with Crippen LogP contribution in [0.4, 0.5) is 10.1 Å². The van der Waals surface area contributed by atoms with Gasteiger partial charge in [-0.15, -0.1) is 0 Å². The number of nitrogens with two attached hydrogens (primary N) is 2. The topological polar surface area (TPSA) is 106 Å². The number of sulfonamides is 1. The van der Waals surface area contributed by atoms with E-state index < -0.39 is 21.7 Å². The van der Waals surface area contributed by atoms with E-state index in [4.69, 9.17) is 11.5 Å². The number of nitrogen functional groups attached to an aromatic ring is 1. The van der Waals surface area contributed by atoms with Gasteiger partial charge in [-0.25, -0.2) is 12.8 Å². The Hall–Kier alpha value is -1.67. The van der Waals surface area contributed by atoms with E-state index in [0.29, 0.717) is 12.8 Å². The number of piperidine rings is 1. The fourth-order valence-electron chi connectivity index (χ4n) is 2.27. The molecule has 0 aliphatic carbocycles. The Balaban J connectivity index is 2.22. The molecule has 1 aliphatic heterocycles. The lowest BCUT2D eigenvalue weighted by molar-refractivity contribution is -0.122. The van der Waals surface area contributed by atoms with Crippen molar-refractivity contribution < 1.29 is 17.6 Å². The van der Waals surface area contributed by atoms with E-state index in [9.17, 15) is 17.6 Å². The summed E-state index contributed by atoms with van der Waals surface area (Å²) < 4.78 is 39.0. The van der Waals surface area contributed by atoms with Gasteiger partial charge in [0, 0.05) is 19.0 Å². The molecular formula is C12H16FN3O3S. The van der Waals surface area contributed by atoms with Gasteiger partial charge in [0.2, 0.25) is 15.9 Å². The van der Waals surface area contributed by atoms with Crippen molar-refractivity contribution in [1.29, 1.82) is 0 Å². The molecule has 1 saturated heterocycles. The molecule has 20 heavy (non-hydrogen) atoms. The Morgan fingerprint density at radius 1 is 1.30 bits per heavy atom. The lowest BCUT2D eigenvalue weighted by Gasteiger charge is -2.30. The summed E-state index contributed by atoms with van der Waals surface area (Å²) in [5.74, 6) is -1.30. The van der Waals surface area contributed by atoms with E-state index in [1.54, 1.807) is 0 Å². The van der Waals surface area contributed by atoms with E-state index in [1.807, 2.05) is 0 Å². The van der Waals surface area contributed by atoms with Crippen LogP contribution in [0, 0.1) is 11.7 Å². The van der Waals surface area contributed by atoms with Crippen molar-refractivity contribution in [3.8, 4) is 0 Å². The van der Waals surface area contributed by atoms with Gasteiger partial charge in [-0.3, -0.25) is 4.79 Å². The number of amides is 1. The normalized spacial score (nSPS) is 18.1. The van der Waals surface area contributed by atoms with Crippen LogP contribution in [0.25, 0.3) is 0 Å². The van der Waals surface area contributed by atoms with Gasteiger partial charge in [-0.1, -0.05) is 0 Å². The second-order valence-electron chi connectivity index (χ2n) is 4.76. The van der Waals surface area contributed by atoms with Crippen LogP contribution in [-0.2, 0) is 14.8 Å². The zero-order chi connectivity index (χ0) is 14.9. The van der Waals surface area contributed by atoms with E-state index in [1.165, 1.54) is 4.31 Å². The van der Waals surface area contributed by atoms with Gasteiger partial charge in [-0.05, 0) is 31.0 Å². The summed E-state index contributed by atoms with van der Waals surface area (Å²) in [6.07, 6.45) is 0.769. The van der Waals surface area contributed by atoms with Crippen molar-refractivity contribution >= 4 is 21.6 Å². The van der Waals surface area contributed by atoms with Crippen LogP contribution in [0.2, 0.25) is 0 Å². The summed E-state index contributed by atoms with van der Waals surface area (Å²) in [5.41, 5.74) is 10.7. The third-order valence-electron chi connectivity index (χ3n) is 3.45. The summed E-state index contributed by atoms with van der Waals surface area (Å²) >= 11 is 0. The van der Waals surface area contributed by atoms with Crippen LogP contribution in [-0.4, -0.2) is 31.7 Å². The van der Waals surface area contributed by atoms with Crippen molar-refractivity contribution in [1.82, 2.24) is 4.31 Å². The molecule has 8 heteroatoms. The third kappa shape index (κ3) is 2.75. The first-order valence-corrected chi connectivity index (χ1v) is 7.61. The first kappa shape index (κ1) is 14.7. The first-order chi connectivity index (χ1) is 9.32. The molecule has 0 bridgehead atoms. The fraction of sp³-hybridized carbons (Fsp3) is 0.417. The minimum atomic E-state index is -3.77. The Morgan fingerprint density at radius 3 is 2.40 bits per heavy atom. The zero-order valence-electron chi connectivity index (χ0n) is 10.8. The highest BCUT2D eigenvalue weighted by Crippen LogP contribution is 2.27. The minimum Gasteiger partial charge on any atom is -0.398 e. The van der Waals surface area contributed by atoms with Gasteiger partial charge >= 0.3 is 0 Å². The van der Waals surface area contributed by atoms with Crippen molar-refractivity contribution in [2.24, 2.45) is 11.7 Å². The molecule has 6 nitrogen and oxygen atoms in total. The predicted molar refractivity (Wildman–Crippen MR) is 71.5 cm³/mol. The van der Waals surface area contributed by atoms with E-state index >= 15 is 0 Å². The number of carbonyl (C=O) groups excluding carboxylic acids is 1. The van der Waals surface area contributed by atoms with Gasteiger partial charge in [0.25, 0.3) is 0 Å². The highest BCUT2D eigenvalue weighted by atomic mass is 32.2. The Kier molecular flexibility index (Phi) is 3.96. The van der Waals surface area contributed by atoms with Crippen LogP contribution in [0.1, 0.15) is 12.8 Å². The number of benzene rings is 1. The van der Waals surface area contributed by atoms with Crippen LogP contribution in [0.5, 0.6) is 0 Å². The highest BCUT2D eigenvalue weighted by molar-refractivity contribution is 7.89. The van der Waals surface area contributed by atoms with Crippen LogP contribution in [0.3, 0.4) is 0 Å². The summed E-state index contributed by atoms with van der Waals surface area (Å²) in [6.45, 7) is 0.402. The number of halogens is 1. The second-order valence-corrected chi connectivity index (χ2v) is 6.67. The molecule has 2 rings (SSSR count). The Bertz CT molecular complexity index is 625. The number of nitrogens with zero attached hydrogens (tertiary/aromatic N) is 1. The van der Waals surface area contributed by atoms with E-state index in [-0.39, 0.29) is 29.6 Å².